The van der Waals surface area contributed by atoms with Crippen LogP contribution in [0.1, 0.15) is 13.8 Å². The number of hydrogen-bond acceptors (Lipinski definition) is 4. The van der Waals surface area contributed by atoms with Crippen LogP contribution in [0.5, 0.6) is 0 Å². The van der Waals surface area contributed by atoms with Crippen molar-refractivity contribution in [1.29, 1.82) is 0 Å². The van der Waals surface area contributed by atoms with Gasteiger partial charge in [-0.2, -0.15) is 0 Å². The molecule has 2 atom stereocenters. The van der Waals surface area contributed by atoms with Gasteiger partial charge in [-0.05, 0) is 60.0 Å². The average Bonchev–Trinajstić information content (AvgIpc) is 3.22. The summed E-state index contributed by atoms with van der Waals surface area (Å²) in [6, 6.07) is 41.2. The van der Waals surface area contributed by atoms with E-state index in [1.807, 2.05) is 77.0 Å². The molecule has 4 rings (SSSR count). The van der Waals surface area contributed by atoms with Crippen molar-refractivity contribution >= 4 is 72.5 Å². The van der Waals surface area contributed by atoms with Crippen LogP contribution in [0.3, 0.4) is 0 Å². The second-order valence-electron chi connectivity index (χ2n) is 15.3. The molecule has 0 aromatic heterocycles. The van der Waals surface area contributed by atoms with E-state index in [0.29, 0.717) is 0 Å². The number of rotatable bonds is 15. The van der Waals surface area contributed by atoms with Gasteiger partial charge >= 0.3 is 0 Å². The summed E-state index contributed by atoms with van der Waals surface area (Å²) < 4.78 is 12.7. The van der Waals surface area contributed by atoms with Crippen LogP contribution in [-0.4, -0.2) is 64.1 Å². The molecule has 0 bridgehead atoms. The highest BCUT2D eigenvalue weighted by Gasteiger charge is 2.39. The second kappa shape index (κ2) is 23.1. The minimum absolute atomic E-state index is 0.0451. The van der Waals surface area contributed by atoms with Gasteiger partial charge in [-0.1, -0.05) is 164 Å². The predicted octanol–water partition coefficient (Wildman–Crippen LogP) is 8.99. The number of benzene rings is 4. The zero-order chi connectivity index (χ0) is 41.8. The molecule has 0 aliphatic carbocycles. The van der Waals surface area contributed by atoms with Crippen molar-refractivity contribution in [2.24, 2.45) is 5.41 Å². The lowest BCUT2D eigenvalue weighted by Gasteiger charge is -2.35. The van der Waals surface area contributed by atoms with Gasteiger partial charge in [0.2, 0.25) is 24.0 Å². The number of aliphatic hydroxyl groups is 2. The van der Waals surface area contributed by atoms with E-state index >= 15 is 0 Å². The van der Waals surface area contributed by atoms with Crippen molar-refractivity contribution in [2.45, 2.75) is 53.1 Å². The van der Waals surface area contributed by atoms with Crippen molar-refractivity contribution in [3.63, 3.8) is 0 Å². The summed E-state index contributed by atoms with van der Waals surface area (Å²) in [5.74, 6) is 0. The first kappa shape index (κ1) is 49.8. The maximum atomic E-state index is 8.43. The Morgan fingerprint density at radius 3 is 0.945 bits per heavy atom. The molecular weight excluding hydrogens is 780 g/mol. The predicted molar refractivity (Wildman–Crippen MR) is 255 cm³/mol. The maximum Gasteiger partial charge on any atom is 0.240 e. The Labute approximate surface area is 343 Å². The Bertz CT molecular complexity index is 1620. The average molecular weight is 846 g/mol. The SMILES string of the molecule is C=C[Si](C)(C)O[Si](C)(C)C=C.C=C[Si](C)(O[Si](C)(C=C)c1ccccc1)c1ccccc1.C=C[Si](Cl)(c1ccccc1)c1ccccc1.CC(C)(CO)CO. The Morgan fingerprint density at radius 2 is 0.745 bits per heavy atom. The molecule has 0 saturated carbocycles. The van der Waals surface area contributed by atoms with Crippen LogP contribution in [0, 0.1) is 5.41 Å². The molecule has 0 fully saturated rings. The van der Waals surface area contributed by atoms with Crippen molar-refractivity contribution in [2.75, 3.05) is 13.2 Å². The molecule has 0 radical (unpaired) electrons. The molecule has 0 aliphatic rings. The van der Waals surface area contributed by atoms with Gasteiger partial charge in [-0.15, -0.1) is 44.0 Å². The summed E-state index contributed by atoms with van der Waals surface area (Å²) in [6.45, 7) is 36.3. The number of aliphatic hydroxyl groups excluding tert-OH is 2. The molecule has 0 spiro atoms. The van der Waals surface area contributed by atoms with Crippen LogP contribution in [-0.2, 0) is 8.23 Å². The van der Waals surface area contributed by atoms with Crippen molar-refractivity contribution in [3.8, 4) is 0 Å². The van der Waals surface area contributed by atoms with Gasteiger partial charge in [0.05, 0.1) is 13.2 Å². The van der Waals surface area contributed by atoms with E-state index in [0.717, 1.165) is 0 Å². The lowest BCUT2D eigenvalue weighted by molar-refractivity contribution is 0.0857. The molecule has 0 heterocycles. The van der Waals surface area contributed by atoms with Crippen LogP contribution < -0.4 is 20.7 Å². The van der Waals surface area contributed by atoms with E-state index in [2.05, 4.69) is 145 Å². The molecular formula is C45H65ClO4Si5. The van der Waals surface area contributed by atoms with Crippen molar-refractivity contribution < 1.29 is 18.4 Å². The normalized spacial score (nSPS) is 13.6. The minimum Gasteiger partial charge on any atom is -0.449 e. The highest BCUT2D eigenvalue weighted by Crippen LogP contribution is 2.18. The molecule has 4 nitrogen and oxygen atoms in total. The summed E-state index contributed by atoms with van der Waals surface area (Å²) in [7, 11) is -9.77. The topological polar surface area (TPSA) is 58.9 Å². The third kappa shape index (κ3) is 16.4. The van der Waals surface area contributed by atoms with Gasteiger partial charge in [0, 0.05) is 5.41 Å². The quantitative estimate of drug-likeness (QED) is 0.0928. The lowest BCUT2D eigenvalue weighted by Crippen LogP contribution is -2.59. The van der Waals surface area contributed by atoms with E-state index in [1.165, 1.54) is 20.7 Å². The molecule has 0 amide bonds. The molecule has 55 heavy (non-hydrogen) atoms. The molecule has 4 aromatic carbocycles. The largest absolute Gasteiger partial charge is 0.449 e. The van der Waals surface area contributed by atoms with Crippen LogP contribution in [0.15, 0.2) is 183 Å². The van der Waals surface area contributed by atoms with E-state index in [9.17, 15) is 0 Å². The van der Waals surface area contributed by atoms with Gasteiger partial charge in [0.1, 0.15) is 0 Å². The number of halogens is 1. The van der Waals surface area contributed by atoms with Gasteiger partial charge in [0.25, 0.3) is 0 Å². The van der Waals surface area contributed by atoms with Gasteiger partial charge in [0.15, 0.2) is 16.6 Å². The summed E-state index contributed by atoms with van der Waals surface area (Å²) in [6.07, 6.45) is 0. The fourth-order valence-corrected chi connectivity index (χ4v) is 21.3. The fourth-order valence-electron chi connectivity index (χ4n) is 4.99. The minimum atomic E-state index is -2.24. The second-order valence-corrected chi connectivity index (χ2v) is 35.3. The van der Waals surface area contributed by atoms with Crippen LogP contribution in [0.25, 0.3) is 0 Å². The highest BCUT2D eigenvalue weighted by molar-refractivity contribution is 7.36. The van der Waals surface area contributed by atoms with Crippen molar-refractivity contribution in [1.82, 2.24) is 0 Å². The van der Waals surface area contributed by atoms with Crippen molar-refractivity contribution in [3.05, 3.63) is 183 Å². The third-order valence-electron chi connectivity index (χ3n) is 8.93. The first-order valence-electron chi connectivity index (χ1n) is 18.5. The summed E-state index contributed by atoms with van der Waals surface area (Å²) in [5.41, 5.74) is 9.57. The van der Waals surface area contributed by atoms with E-state index in [-0.39, 0.29) is 18.6 Å². The highest BCUT2D eigenvalue weighted by atomic mass is 35.6. The van der Waals surface area contributed by atoms with Gasteiger partial charge < -0.3 is 18.4 Å². The third-order valence-corrected chi connectivity index (χ3v) is 27.7. The smallest absolute Gasteiger partial charge is 0.240 e. The van der Waals surface area contributed by atoms with Crippen LogP contribution >= 0.6 is 11.1 Å². The Kier molecular flexibility index (Phi) is 20.9. The van der Waals surface area contributed by atoms with Gasteiger partial charge in [-0.3, -0.25) is 0 Å². The lowest BCUT2D eigenvalue weighted by atomic mass is 9.97. The van der Waals surface area contributed by atoms with E-state index in [4.69, 9.17) is 29.5 Å². The molecule has 2 N–H and O–H groups in total. The molecule has 0 aliphatic heterocycles. The Morgan fingerprint density at radius 1 is 0.473 bits per heavy atom. The molecule has 4 aromatic rings. The molecule has 2 unspecified atom stereocenters. The summed E-state index contributed by atoms with van der Waals surface area (Å²) in [4.78, 5) is 0. The first-order chi connectivity index (χ1) is 25.8. The summed E-state index contributed by atoms with van der Waals surface area (Å²) >= 11 is 6.80. The van der Waals surface area contributed by atoms with Crippen LogP contribution in [0.2, 0.25) is 39.3 Å². The number of hydrogen-bond donors (Lipinski definition) is 2. The summed E-state index contributed by atoms with van der Waals surface area (Å²) in [5, 5.41) is 21.7. The Balaban J connectivity index is 0.000000395. The molecule has 10 heteroatoms. The van der Waals surface area contributed by atoms with E-state index < -0.39 is 40.7 Å². The molecule has 296 valence electrons. The van der Waals surface area contributed by atoms with Crippen LogP contribution in [0.4, 0.5) is 0 Å². The zero-order valence-corrected chi connectivity index (χ0v) is 40.2. The Hall–Kier alpha value is -3.21. The van der Waals surface area contributed by atoms with E-state index in [1.54, 1.807) is 13.8 Å². The monoisotopic (exact) mass is 844 g/mol. The standard InChI is InChI=1S/C18H22OSi2.C14H13ClSi.C8H18OSi2.C5H12O2/c1-5-20(3,17-13-9-7-10-14-17)19-21(4,6-2)18-15-11-8-12-16-18;1-2-16(15,13-9-5-3-6-10-13)14-11-7-4-8-12-14;1-7-10(3,4)9-11(5,6)8-2;1-5(2,3-6)4-7/h5-16H,1-2H2,3-4H3;2-12H,1H2;7-8H,1-2H2,3-6H3;6-7H,3-4H2,1-2H3. The van der Waals surface area contributed by atoms with Gasteiger partial charge in [-0.25, -0.2) is 0 Å². The fraction of sp³-hybridized carbons (Fsp3) is 0.244. The maximum absolute atomic E-state index is 8.43. The zero-order valence-electron chi connectivity index (χ0n) is 34.5. The first-order valence-corrected chi connectivity index (χ1v) is 32.5. The molecule has 0 saturated heterocycles.